The molecule has 0 aromatic carbocycles. The van der Waals surface area contributed by atoms with Gasteiger partial charge in [0.1, 0.15) is 6.04 Å². The van der Waals surface area contributed by atoms with Crippen molar-refractivity contribution < 1.29 is 24.2 Å². The summed E-state index contributed by atoms with van der Waals surface area (Å²) in [5.74, 6) is -2.11. The average molecular weight is 600 g/mol. The minimum Gasteiger partial charge on any atom is -0.465 e. The molecule has 2 bridgehead atoms. The maximum atomic E-state index is 14.4. The van der Waals surface area contributed by atoms with Gasteiger partial charge in [-0.3, -0.25) is 14.4 Å². The third-order valence-corrected chi connectivity index (χ3v) is 11.2. The van der Waals surface area contributed by atoms with Crippen molar-refractivity contribution in [2.45, 2.75) is 92.7 Å². The highest BCUT2D eigenvalue weighted by Crippen LogP contribution is 2.68. The second-order valence-electron chi connectivity index (χ2n) is 11.8. The SMILES string of the molecule is C=CCCCCOC(=O)[C@H]1[C@H]2C(=O)N([C@@H](CO)C(C)C)C(C(=O)N(CC=C)C(C)(C)C)C23CC(Br)[C@@H]1S3. The zero-order chi connectivity index (χ0) is 27.7. The topological polar surface area (TPSA) is 87.1 Å². The van der Waals surface area contributed by atoms with Crippen LogP contribution in [0.3, 0.4) is 0 Å². The van der Waals surface area contributed by atoms with E-state index in [4.69, 9.17) is 4.74 Å². The smallest absolute Gasteiger partial charge is 0.310 e. The summed E-state index contributed by atoms with van der Waals surface area (Å²) in [5.41, 5.74) is -0.500. The normalized spacial score (nSPS) is 31.4. The van der Waals surface area contributed by atoms with Gasteiger partial charge in [0.05, 0.1) is 35.8 Å². The third-order valence-electron chi connectivity index (χ3n) is 7.98. The van der Waals surface area contributed by atoms with Crippen LogP contribution in [-0.4, -0.2) is 84.9 Å². The van der Waals surface area contributed by atoms with Gasteiger partial charge in [0.25, 0.3) is 0 Å². The molecule has 3 unspecified atom stereocenters. The summed E-state index contributed by atoms with van der Waals surface area (Å²) in [7, 11) is 0. The lowest BCUT2D eigenvalue weighted by molar-refractivity contribution is -0.155. The summed E-state index contributed by atoms with van der Waals surface area (Å²) in [4.78, 5) is 45.5. The molecule has 3 rings (SSSR count). The molecule has 3 aliphatic rings. The quantitative estimate of drug-likeness (QED) is 0.157. The van der Waals surface area contributed by atoms with Crippen molar-refractivity contribution in [3.05, 3.63) is 25.3 Å². The van der Waals surface area contributed by atoms with E-state index in [1.165, 1.54) is 0 Å². The van der Waals surface area contributed by atoms with Gasteiger partial charge in [-0.05, 0) is 52.4 Å². The number of ether oxygens (including phenoxy) is 1. The number of allylic oxidation sites excluding steroid dienone is 1. The van der Waals surface area contributed by atoms with E-state index in [-0.39, 0.29) is 40.4 Å². The molecule has 3 aliphatic heterocycles. The van der Waals surface area contributed by atoms with Crippen molar-refractivity contribution in [2.24, 2.45) is 17.8 Å². The van der Waals surface area contributed by atoms with E-state index < -0.39 is 34.2 Å². The number of aliphatic hydroxyl groups is 1. The monoisotopic (exact) mass is 598 g/mol. The van der Waals surface area contributed by atoms with Gasteiger partial charge in [0.15, 0.2) is 0 Å². The number of carbonyl (C=O) groups excluding carboxylic acids is 3. The Hall–Kier alpha value is -1.32. The average Bonchev–Trinajstić information content (AvgIpc) is 3.40. The Balaban J connectivity index is 2.04. The first-order valence-electron chi connectivity index (χ1n) is 13.3. The number of hydrogen-bond donors (Lipinski definition) is 1. The molecular weight excluding hydrogens is 556 g/mol. The van der Waals surface area contributed by atoms with Gasteiger partial charge in [-0.2, -0.15) is 0 Å². The molecule has 7 nitrogen and oxygen atoms in total. The minimum absolute atomic E-state index is 0.0239. The van der Waals surface area contributed by atoms with Crippen LogP contribution in [0.25, 0.3) is 0 Å². The maximum absolute atomic E-state index is 14.4. The number of unbranched alkanes of at least 4 members (excludes halogenated alkanes) is 2. The van der Waals surface area contributed by atoms with Gasteiger partial charge in [-0.1, -0.05) is 41.9 Å². The van der Waals surface area contributed by atoms with E-state index in [0.29, 0.717) is 19.6 Å². The molecule has 0 radical (unpaired) electrons. The van der Waals surface area contributed by atoms with Gasteiger partial charge in [0, 0.05) is 22.2 Å². The molecule has 3 fully saturated rings. The molecule has 1 spiro atoms. The Morgan fingerprint density at radius 2 is 1.97 bits per heavy atom. The van der Waals surface area contributed by atoms with E-state index in [1.807, 2.05) is 40.7 Å². The van der Waals surface area contributed by atoms with E-state index >= 15 is 0 Å². The number of amides is 2. The van der Waals surface area contributed by atoms with Gasteiger partial charge < -0.3 is 19.6 Å². The molecule has 7 atom stereocenters. The molecular formula is C28H43BrN2O5S. The van der Waals surface area contributed by atoms with Crippen LogP contribution in [0.4, 0.5) is 0 Å². The Kier molecular flexibility index (Phi) is 9.66. The summed E-state index contributed by atoms with van der Waals surface area (Å²) in [6.07, 6.45) is 6.62. The number of nitrogens with zero attached hydrogens (tertiary/aromatic N) is 2. The summed E-state index contributed by atoms with van der Waals surface area (Å²) >= 11 is 5.38. The van der Waals surface area contributed by atoms with Crippen LogP contribution < -0.4 is 0 Å². The zero-order valence-electron chi connectivity index (χ0n) is 22.8. The number of hydrogen-bond acceptors (Lipinski definition) is 6. The molecule has 2 amide bonds. The first kappa shape index (κ1) is 30.2. The predicted molar refractivity (Wildman–Crippen MR) is 151 cm³/mol. The van der Waals surface area contributed by atoms with Crippen LogP contribution in [-0.2, 0) is 19.1 Å². The number of fused-ring (bicyclic) bond motifs is 1. The van der Waals surface area contributed by atoms with E-state index in [2.05, 4.69) is 29.1 Å². The number of alkyl halides is 1. The molecule has 3 saturated heterocycles. The largest absolute Gasteiger partial charge is 0.465 e. The summed E-state index contributed by atoms with van der Waals surface area (Å²) in [5, 5.41) is 10.2. The van der Waals surface area contributed by atoms with Crippen molar-refractivity contribution in [1.82, 2.24) is 9.80 Å². The molecule has 0 aromatic rings. The minimum atomic E-state index is -0.788. The fourth-order valence-corrected chi connectivity index (χ4v) is 9.81. The van der Waals surface area contributed by atoms with Crippen LogP contribution in [0.2, 0.25) is 0 Å². The molecule has 0 aromatic heterocycles. The van der Waals surface area contributed by atoms with E-state index in [0.717, 1.165) is 19.3 Å². The second kappa shape index (κ2) is 11.8. The Morgan fingerprint density at radius 1 is 1.30 bits per heavy atom. The standard InChI is InChI=1S/C28H43BrN2O5S/c1-8-10-11-12-14-36-26(35)20-21-24(33)31(19(16-32)17(3)4)23(28(21)15-18(29)22(20)37-28)25(34)30(13-9-2)27(5,6)7/h8-9,17-23,32H,1-2,10-16H2,3-7H3/t18?,19-,20-,21-,22-,23?,28?/m0/s1. The fraction of sp³-hybridized carbons (Fsp3) is 0.750. The highest BCUT2D eigenvalue weighted by molar-refractivity contribution is 9.09. The van der Waals surface area contributed by atoms with Crippen molar-refractivity contribution in [3.63, 3.8) is 0 Å². The van der Waals surface area contributed by atoms with Crippen LogP contribution in [0, 0.1) is 17.8 Å². The molecule has 1 N–H and O–H groups in total. The van der Waals surface area contributed by atoms with Gasteiger partial charge in [-0.15, -0.1) is 24.9 Å². The Morgan fingerprint density at radius 3 is 2.51 bits per heavy atom. The maximum Gasteiger partial charge on any atom is 0.310 e. The zero-order valence-corrected chi connectivity index (χ0v) is 25.2. The number of esters is 1. The Bertz CT molecular complexity index is 905. The third kappa shape index (κ3) is 5.42. The van der Waals surface area contributed by atoms with Crippen molar-refractivity contribution in [1.29, 1.82) is 0 Å². The number of aliphatic hydroxyl groups excluding tert-OH is 1. The lowest BCUT2D eigenvalue weighted by Gasteiger charge is -2.44. The number of likely N-dealkylation sites (tertiary alicyclic amines) is 1. The highest BCUT2D eigenvalue weighted by atomic mass is 79.9. The molecule has 9 heteroatoms. The lowest BCUT2D eigenvalue weighted by atomic mass is 9.71. The first-order chi connectivity index (χ1) is 17.4. The van der Waals surface area contributed by atoms with Crippen molar-refractivity contribution >= 4 is 45.5 Å². The summed E-state index contributed by atoms with van der Waals surface area (Å²) in [6.45, 7) is 17.8. The number of rotatable bonds is 12. The summed E-state index contributed by atoms with van der Waals surface area (Å²) < 4.78 is 4.92. The second-order valence-corrected chi connectivity index (χ2v) is 14.5. The fourth-order valence-electron chi connectivity index (χ4n) is 6.22. The van der Waals surface area contributed by atoms with E-state index in [1.54, 1.807) is 27.6 Å². The Labute approximate surface area is 234 Å². The first-order valence-corrected chi connectivity index (χ1v) is 15.1. The number of thioether (sulfide) groups is 1. The molecule has 3 heterocycles. The lowest BCUT2D eigenvalue weighted by Crippen LogP contribution is -2.61. The van der Waals surface area contributed by atoms with Crippen LogP contribution in [0.5, 0.6) is 0 Å². The number of carbonyl (C=O) groups is 3. The van der Waals surface area contributed by atoms with Crippen molar-refractivity contribution in [2.75, 3.05) is 19.8 Å². The van der Waals surface area contributed by atoms with Gasteiger partial charge in [0.2, 0.25) is 11.8 Å². The predicted octanol–water partition coefficient (Wildman–Crippen LogP) is 4.18. The van der Waals surface area contributed by atoms with Crippen LogP contribution in [0.1, 0.15) is 60.3 Å². The van der Waals surface area contributed by atoms with E-state index in [9.17, 15) is 19.5 Å². The molecule has 0 aliphatic carbocycles. The van der Waals surface area contributed by atoms with Gasteiger partial charge in [-0.25, -0.2) is 0 Å². The molecule has 208 valence electrons. The van der Waals surface area contributed by atoms with Crippen molar-refractivity contribution in [3.8, 4) is 0 Å². The van der Waals surface area contributed by atoms with Crippen LogP contribution >= 0.6 is 27.7 Å². The molecule has 37 heavy (non-hydrogen) atoms. The number of halogens is 1. The highest BCUT2D eigenvalue weighted by Gasteiger charge is 2.77. The van der Waals surface area contributed by atoms with Crippen LogP contribution in [0.15, 0.2) is 25.3 Å². The summed E-state index contributed by atoms with van der Waals surface area (Å²) in [6, 6.07) is -1.32. The molecule has 0 saturated carbocycles. The van der Waals surface area contributed by atoms with Gasteiger partial charge >= 0.3 is 5.97 Å².